The van der Waals surface area contributed by atoms with Gasteiger partial charge in [0.1, 0.15) is 0 Å². The summed E-state index contributed by atoms with van der Waals surface area (Å²) in [6, 6.07) is 20.4. The van der Waals surface area contributed by atoms with Crippen molar-refractivity contribution in [1.82, 2.24) is 15.3 Å². The van der Waals surface area contributed by atoms with Gasteiger partial charge < -0.3 is 10.2 Å². The van der Waals surface area contributed by atoms with Crippen LogP contribution in [0.3, 0.4) is 0 Å². The van der Waals surface area contributed by atoms with Crippen LogP contribution in [-0.4, -0.2) is 29.0 Å². The van der Waals surface area contributed by atoms with Gasteiger partial charge in [-0.1, -0.05) is 48.2 Å². The maximum Gasteiger partial charge on any atom is 0.225 e. The Hall–Kier alpha value is -2.86. The molecule has 0 unspecified atom stereocenters. The fourth-order valence-electron chi connectivity index (χ4n) is 3.49. The van der Waals surface area contributed by atoms with Gasteiger partial charge in [0, 0.05) is 47.7 Å². The van der Waals surface area contributed by atoms with E-state index in [-0.39, 0.29) is 11.8 Å². The predicted octanol–water partition coefficient (Wildman–Crippen LogP) is 4.16. The molecule has 1 aliphatic heterocycles. The Morgan fingerprint density at radius 1 is 0.966 bits per heavy atom. The number of nitrogens with zero attached hydrogens (tertiary/aromatic N) is 3. The molecule has 1 aromatic heterocycles. The van der Waals surface area contributed by atoms with Gasteiger partial charge in [-0.3, -0.25) is 4.79 Å². The van der Waals surface area contributed by atoms with E-state index in [4.69, 9.17) is 0 Å². The van der Waals surface area contributed by atoms with Gasteiger partial charge in [-0.25, -0.2) is 9.97 Å². The first-order chi connectivity index (χ1) is 14.3. The van der Waals surface area contributed by atoms with Crippen LogP contribution in [0.15, 0.2) is 82.8 Å². The standard InChI is InChI=1S/C23H24N4OS/c28-22(18-11-15-27(16-12-18)23-24-13-6-14-25-23)26-17-19-7-4-5-10-21(19)29-20-8-2-1-3-9-20/h1-10,13-14,18H,11-12,15-17H2,(H,26,28). The molecule has 0 bridgehead atoms. The van der Waals surface area contributed by atoms with Crippen molar-refractivity contribution in [2.24, 2.45) is 5.92 Å². The topological polar surface area (TPSA) is 58.1 Å². The number of hydrogen-bond acceptors (Lipinski definition) is 5. The smallest absolute Gasteiger partial charge is 0.225 e. The normalized spacial score (nSPS) is 14.6. The van der Waals surface area contributed by atoms with E-state index in [2.05, 4.69) is 44.5 Å². The van der Waals surface area contributed by atoms with Crippen LogP contribution in [0.5, 0.6) is 0 Å². The number of amides is 1. The fourth-order valence-corrected chi connectivity index (χ4v) is 4.45. The molecule has 5 nitrogen and oxygen atoms in total. The van der Waals surface area contributed by atoms with Crippen LogP contribution in [0.2, 0.25) is 0 Å². The molecule has 29 heavy (non-hydrogen) atoms. The van der Waals surface area contributed by atoms with Crippen molar-refractivity contribution >= 4 is 23.6 Å². The Kier molecular flexibility index (Phi) is 6.42. The molecule has 0 aliphatic carbocycles. The van der Waals surface area contributed by atoms with Gasteiger partial charge in [-0.05, 0) is 42.7 Å². The van der Waals surface area contributed by atoms with Crippen LogP contribution in [-0.2, 0) is 11.3 Å². The Bertz CT molecular complexity index is 928. The second-order valence-electron chi connectivity index (χ2n) is 7.05. The molecule has 148 valence electrons. The van der Waals surface area contributed by atoms with Crippen molar-refractivity contribution in [1.29, 1.82) is 0 Å². The van der Waals surface area contributed by atoms with E-state index in [0.29, 0.717) is 6.54 Å². The number of carbonyl (C=O) groups is 1. The highest BCUT2D eigenvalue weighted by Gasteiger charge is 2.26. The SMILES string of the molecule is O=C(NCc1ccccc1Sc1ccccc1)C1CCN(c2ncccn2)CC1. The van der Waals surface area contributed by atoms with Crippen molar-refractivity contribution in [3.63, 3.8) is 0 Å². The minimum Gasteiger partial charge on any atom is -0.352 e. The molecule has 2 heterocycles. The van der Waals surface area contributed by atoms with Gasteiger partial charge in [-0.2, -0.15) is 0 Å². The number of anilines is 1. The molecule has 0 saturated carbocycles. The molecule has 6 heteroatoms. The van der Waals surface area contributed by atoms with Gasteiger partial charge >= 0.3 is 0 Å². The van der Waals surface area contributed by atoms with Crippen LogP contribution in [0.4, 0.5) is 5.95 Å². The average Bonchev–Trinajstić information content (AvgIpc) is 2.80. The van der Waals surface area contributed by atoms with Gasteiger partial charge in [0.15, 0.2) is 0 Å². The second kappa shape index (κ2) is 9.56. The maximum atomic E-state index is 12.7. The highest BCUT2D eigenvalue weighted by atomic mass is 32.2. The lowest BCUT2D eigenvalue weighted by molar-refractivity contribution is -0.125. The Morgan fingerprint density at radius 2 is 1.66 bits per heavy atom. The molecule has 1 fully saturated rings. The van der Waals surface area contributed by atoms with E-state index in [1.165, 1.54) is 9.79 Å². The van der Waals surface area contributed by atoms with Crippen LogP contribution in [0.1, 0.15) is 18.4 Å². The molecule has 0 radical (unpaired) electrons. The summed E-state index contributed by atoms with van der Waals surface area (Å²) in [5.41, 5.74) is 1.14. The second-order valence-corrected chi connectivity index (χ2v) is 8.17. The number of piperidine rings is 1. The van der Waals surface area contributed by atoms with E-state index in [0.717, 1.165) is 37.4 Å². The molecular weight excluding hydrogens is 380 g/mol. The number of hydrogen-bond donors (Lipinski definition) is 1. The molecule has 2 aromatic carbocycles. The number of rotatable bonds is 6. The molecular formula is C23H24N4OS. The third kappa shape index (κ3) is 5.15. The first-order valence-electron chi connectivity index (χ1n) is 9.90. The molecule has 4 rings (SSSR count). The van der Waals surface area contributed by atoms with E-state index in [9.17, 15) is 4.79 Å². The van der Waals surface area contributed by atoms with Crippen LogP contribution in [0.25, 0.3) is 0 Å². The summed E-state index contributed by atoms with van der Waals surface area (Å²) in [5.74, 6) is 0.931. The zero-order valence-corrected chi connectivity index (χ0v) is 17.0. The van der Waals surface area contributed by atoms with Crippen molar-refractivity contribution in [3.05, 3.63) is 78.6 Å². The summed E-state index contributed by atoms with van der Waals surface area (Å²) >= 11 is 1.73. The average molecular weight is 405 g/mol. The molecule has 3 aromatic rings. The monoisotopic (exact) mass is 404 g/mol. The lowest BCUT2D eigenvalue weighted by Crippen LogP contribution is -2.41. The molecule has 0 spiro atoms. The zero-order chi connectivity index (χ0) is 19.9. The van der Waals surface area contributed by atoms with E-state index in [1.54, 1.807) is 24.2 Å². The molecule has 1 aliphatic rings. The van der Waals surface area contributed by atoms with Crippen molar-refractivity contribution in [2.45, 2.75) is 29.2 Å². The summed E-state index contributed by atoms with van der Waals surface area (Å²) in [6.07, 6.45) is 5.16. The largest absolute Gasteiger partial charge is 0.352 e. The van der Waals surface area contributed by atoms with Crippen LogP contribution in [0, 0.1) is 5.92 Å². The van der Waals surface area contributed by atoms with E-state index < -0.39 is 0 Å². The number of aromatic nitrogens is 2. The molecule has 1 N–H and O–H groups in total. The van der Waals surface area contributed by atoms with E-state index in [1.807, 2.05) is 36.4 Å². The number of nitrogens with one attached hydrogen (secondary N) is 1. The first kappa shape index (κ1) is 19.5. The third-order valence-electron chi connectivity index (χ3n) is 5.10. The molecule has 0 atom stereocenters. The van der Waals surface area contributed by atoms with Crippen LogP contribution < -0.4 is 10.2 Å². The molecule has 1 amide bonds. The van der Waals surface area contributed by atoms with Gasteiger partial charge in [-0.15, -0.1) is 0 Å². The lowest BCUT2D eigenvalue weighted by Gasteiger charge is -2.31. The van der Waals surface area contributed by atoms with E-state index >= 15 is 0 Å². The summed E-state index contributed by atoms with van der Waals surface area (Å²) in [7, 11) is 0. The van der Waals surface area contributed by atoms with Crippen molar-refractivity contribution < 1.29 is 4.79 Å². The Balaban J connectivity index is 1.31. The minimum absolute atomic E-state index is 0.0453. The van der Waals surface area contributed by atoms with Gasteiger partial charge in [0.25, 0.3) is 0 Å². The molecule has 1 saturated heterocycles. The summed E-state index contributed by atoms with van der Waals surface area (Å²) in [4.78, 5) is 25.8. The summed E-state index contributed by atoms with van der Waals surface area (Å²) < 4.78 is 0. The fraction of sp³-hybridized carbons (Fsp3) is 0.261. The highest BCUT2D eigenvalue weighted by molar-refractivity contribution is 7.99. The third-order valence-corrected chi connectivity index (χ3v) is 6.22. The number of benzene rings is 2. The minimum atomic E-state index is 0.0453. The van der Waals surface area contributed by atoms with Gasteiger partial charge in [0.2, 0.25) is 11.9 Å². The van der Waals surface area contributed by atoms with Gasteiger partial charge in [0.05, 0.1) is 0 Å². The quantitative estimate of drug-likeness (QED) is 0.668. The highest BCUT2D eigenvalue weighted by Crippen LogP contribution is 2.30. The first-order valence-corrected chi connectivity index (χ1v) is 10.7. The Labute approximate surface area is 175 Å². The van der Waals surface area contributed by atoms with Crippen molar-refractivity contribution in [2.75, 3.05) is 18.0 Å². The Morgan fingerprint density at radius 3 is 2.41 bits per heavy atom. The summed E-state index contributed by atoms with van der Waals surface area (Å²) in [6.45, 7) is 2.17. The predicted molar refractivity (Wildman–Crippen MR) is 116 cm³/mol. The van der Waals surface area contributed by atoms with Crippen LogP contribution >= 0.6 is 11.8 Å². The summed E-state index contributed by atoms with van der Waals surface area (Å²) in [5, 5.41) is 3.15. The van der Waals surface area contributed by atoms with Crippen molar-refractivity contribution in [3.8, 4) is 0 Å². The lowest BCUT2D eigenvalue weighted by atomic mass is 9.96. The number of carbonyl (C=O) groups excluding carboxylic acids is 1. The zero-order valence-electron chi connectivity index (χ0n) is 16.2. The maximum absolute atomic E-state index is 12.7.